The zero-order chi connectivity index (χ0) is 21.0. The van der Waals surface area contributed by atoms with Gasteiger partial charge < -0.3 is 10.2 Å². The monoisotopic (exact) mass is 432 g/mol. The Morgan fingerprint density at radius 2 is 2.03 bits per heavy atom. The number of hydrogen-bond donors (Lipinski definition) is 1. The minimum absolute atomic E-state index is 0.0216. The molecular weight excluding hydrogens is 404 g/mol. The molecule has 0 spiro atoms. The van der Waals surface area contributed by atoms with E-state index in [1.807, 2.05) is 41.9 Å². The summed E-state index contributed by atoms with van der Waals surface area (Å²) < 4.78 is 1.84. The summed E-state index contributed by atoms with van der Waals surface area (Å²) in [4.78, 5) is 16.8. The van der Waals surface area contributed by atoms with Crippen molar-refractivity contribution in [2.24, 2.45) is 0 Å². The Hall–Kier alpha value is -1.89. The van der Waals surface area contributed by atoms with Gasteiger partial charge in [-0.2, -0.15) is 5.10 Å². The normalized spacial score (nSPS) is 12.6. The predicted molar refractivity (Wildman–Crippen MR) is 123 cm³/mol. The molecule has 2 heterocycles. The molecule has 29 heavy (non-hydrogen) atoms. The number of nitrogens with zero attached hydrogens (tertiary/aromatic N) is 3. The molecule has 1 aromatic carbocycles. The van der Waals surface area contributed by atoms with Gasteiger partial charge in [-0.3, -0.25) is 4.79 Å². The highest BCUT2D eigenvalue weighted by molar-refractivity contribution is 7.20. The van der Waals surface area contributed by atoms with Crippen LogP contribution >= 0.6 is 22.9 Å². The molecule has 0 aliphatic heterocycles. The van der Waals surface area contributed by atoms with Gasteiger partial charge >= 0.3 is 0 Å². The topological polar surface area (TPSA) is 50.2 Å². The summed E-state index contributed by atoms with van der Waals surface area (Å²) in [6, 6.07) is 9.70. The fourth-order valence-electron chi connectivity index (χ4n) is 3.47. The van der Waals surface area contributed by atoms with Crippen LogP contribution in [0, 0.1) is 6.92 Å². The fraction of sp³-hybridized carbons (Fsp3) is 0.455. The standard InChI is InChI=1S/C22H29ClN4OS/c1-5-26(6-2)13-9-10-15(3)24-21(28)20-14-17-16(4)25-27(22(17)29-20)19-12-8-7-11-18(19)23/h7-8,11-12,14-15H,5-6,9-10,13H2,1-4H3,(H,24,28)/t15-/m0/s1. The second-order valence-electron chi connectivity index (χ2n) is 7.32. The number of halogens is 1. The van der Waals surface area contributed by atoms with Crippen molar-refractivity contribution < 1.29 is 4.79 Å². The molecule has 0 radical (unpaired) electrons. The van der Waals surface area contributed by atoms with E-state index in [0.717, 1.165) is 54.1 Å². The van der Waals surface area contributed by atoms with Crippen molar-refractivity contribution >= 4 is 39.1 Å². The Morgan fingerprint density at radius 3 is 2.72 bits per heavy atom. The first-order chi connectivity index (χ1) is 13.9. The van der Waals surface area contributed by atoms with Crippen LogP contribution in [-0.4, -0.2) is 46.3 Å². The number of rotatable bonds is 9. The van der Waals surface area contributed by atoms with Gasteiger partial charge in [-0.1, -0.05) is 37.6 Å². The lowest BCUT2D eigenvalue weighted by molar-refractivity contribution is 0.0941. The van der Waals surface area contributed by atoms with Gasteiger partial charge in [-0.05, 0) is 64.5 Å². The second kappa shape index (κ2) is 9.74. The van der Waals surface area contributed by atoms with Crippen LogP contribution in [0.3, 0.4) is 0 Å². The molecular formula is C22H29ClN4OS. The van der Waals surface area contributed by atoms with Crippen LogP contribution < -0.4 is 5.32 Å². The Morgan fingerprint density at radius 1 is 1.31 bits per heavy atom. The Kier molecular flexibility index (Phi) is 7.33. The molecule has 2 aromatic heterocycles. The van der Waals surface area contributed by atoms with E-state index in [4.69, 9.17) is 11.6 Å². The van der Waals surface area contributed by atoms with Crippen molar-refractivity contribution in [3.8, 4) is 5.69 Å². The van der Waals surface area contributed by atoms with Gasteiger partial charge in [0.25, 0.3) is 5.91 Å². The molecule has 1 N–H and O–H groups in total. The van der Waals surface area contributed by atoms with E-state index < -0.39 is 0 Å². The summed E-state index contributed by atoms with van der Waals surface area (Å²) in [5.41, 5.74) is 1.72. The molecule has 1 atom stereocenters. The number of fused-ring (bicyclic) bond motifs is 1. The van der Waals surface area contributed by atoms with E-state index in [-0.39, 0.29) is 11.9 Å². The smallest absolute Gasteiger partial charge is 0.261 e. The maximum absolute atomic E-state index is 12.8. The third-order valence-electron chi connectivity index (χ3n) is 5.23. The molecule has 156 valence electrons. The van der Waals surface area contributed by atoms with Crippen LogP contribution in [0.1, 0.15) is 49.0 Å². The van der Waals surface area contributed by atoms with Gasteiger partial charge in [-0.25, -0.2) is 4.68 Å². The molecule has 0 bridgehead atoms. The molecule has 0 unspecified atom stereocenters. The third kappa shape index (κ3) is 5.00. The zero-order valence-corrected chi connectivity index (χ0v) is 19.1. The van der Waals surface area contributed by atoms with Crippen LogP contribution in [0.5, 0.6) is 0 Å². The molecule has 0 aliphatic carbocycles. The minimum atomic E-state index is -0.0216. The first kappa shape index (κ1) is 21.8. The molecule has 7 heteroatoms. The van der Waals surface area contributed by atoms with Crippen molar-refractivity contribution in [3.05, 3.63) is 45.9 Å². The van der Waals surface area contributed by atoms with Crippen LogP contribution in [0.4, 0.5) is 0 Å². The van der Waals surface area contributed by atoms with Gasteiger partial charge in [0.05, 0.1) is 21.3 Å². The van der Waals surface area contributed by atoms with Crippen LogP contribution in [0.15, 0.2) is 30.3 Å². The summed E-state index contributed by atoms with van der Waals surface area (Å²) in [6.45, 7) is 11.6. The third-order valence-corrected chi connectivity index (χ3v) is 6.66. The van der Waals surface area contributed by atoms with E-state index in [1.165, 1.54) is 11.3 Å². The highest BCUT2D eigenvalue weighted by Crippen LogP contribution is 2.32. The van der Waals surface area contributed by atoms with E-state index in [2.05, 4.69) is 36.1 Å². The lowest BCUT2D eigenvalue weighted by Crippen LogP contribution is -2.33. The van der Waals surface area contributed by atoms with E-state index in [9.17, 15) is 4.79 Å². The summed E-state index contributed by atoms with van der Waals surface area (Å²) in [5, 5.41) is 9.40. The number of aryl methyl sites for hydroxylation is 1. The lowest BCUT2D eigenvalue weighted by Gasteiger charge is -2.19. The summed E-state index contributed by atoms with van der Waals surface area (Å²) in [7, 11) is 0. The van der Waals surface area contributed by atoms with Crippen molar-refractivity contribution in [2.75, 3.05) is 19.6 Å². The van der Waals surface area contributed by atoms with Crippen molar-refractivity contribution in [1.82, 2.24) is 20.0 Å². The molecule has 3 rings (SSSR count). The summed E-state index contributed by atoms with van der Waals surface area (Å²) >= 11 is 7.82. The highest BCUT2D eigenvalue weighted by Gasteiger charge is 2.19. The minimum Gasteiger partial charge on any atom is -0.349 e. The van der Waals surface area contributed by atoms with Crippen LogP contribution in [0.25, 0.3) is 15.9 Å². The maximum Gasteiger partial charge on any atom is 0.261 e. The number of benzene rings is 1. The number of carbonyl (C=O) groups is 1. The Labute approximate surface area is 181 Å². The maximum atomic E-state index is 12.8. The molecule has 0 saturated carbocycles. The van der Waals surface area contributed by atoms with Crippen molar-refractivity contribution in [1.29, 1.82) is 0 Å². The summed E-state index contributed by atoms with van der Waals surface area (Å²) in [5.74, 6) is -0.0216. The largest absolute Gasteiger partial charge is 0.349 e. The SMILES string of the molecule is CCN(CC)CCC[C@H](C)NC(=O)c1cc2c(C)nn(-c3ccccc3Cl)c2s1. The van der Waals surface area contributed by atoms with Crippen LogP contribution in [-0.2, 0) is 0 Å². The molecule has 0 fully saturated rings. The molecule has 5 nitrogen and oxygen atoms in total. The van der Waals surface area contributed by atoms with Gasteiger partial charge in [0, 0.05) is 11.4 Å². The average Bonchev–Trinajstić information content (AvgIpc) is 3.27. The van der Waals surface area contributed by atoms with Gasteiger partial charge in [0.1, 0.15) is 4.83 Å². The molecule has 1 amide bonds. The Bertz CT molecular complexity index is 977. The highest BCUT2D eigenvalue weighted by atomic mass is 35.5. The number of nitrogens with one attached hydrogen (secondary N) is 1. The fourth-order valence-corrected chi connectivity index (χ4v) is 4.77. The predicted octanol–water partition coefficient (Wildman–Crippen LogP) is 5.29. The Balaban J connectivity index is 1.71. The quantitative estimate of drug-likeness (QED) is 0.499. The lowest BCUT2D eigenvalue weighted by atomic mass is 10.1. The number of hydrogen-bond acceptors (Lipinski definition) is 4. The van der Waals surface area contributed by atoms with E-state index in [1.54, 1.807) is 0 Å². The van der Waals surface area contributed by atoms with E-state index >= 15 is 0 Å². The van der Waals surface area contributed by atoms with E-state index in [0.29, 0.717) is 9.90 Å². The number of aromatic nitrogens is 2. The van der Waals surface area contributed by atoms with Gasteiger partial charge in [0.2, 0.25) is 0 Å². The molecule has 0 saturated heterocycles. The van der Waals surface area contributed by atoms with Crippen molar-refractivity contribution in [2.45, 2.75) is 46.6 Å². The van der Waals surface area contributed by atoms with Gasteiger partial charge in [-0.15, -0.1) is 11.3 Å². The van der Waals surface area contributed by atoms with Crippen LogP contribution in [0.2, 0.25) is 5.02 Å². The number of thiophene rings is 1. The average molecular weight is 433 g/mol. The van der Waals surface area contributed by atoms with Gasteiger partial charge in [0.15, 0.2) is 0 Å². The number of carbonyl (C=O) groups excluding carboxylic acids is 1. The first-order valence-corrected chi connectivity index (χ1v) is 11.4. The number of para-hydroxylation sites is 1. The van der Waals surface area contributed by atoms with Crippen molar-refractivity contribution in [3.63, 3.8) is 0 Å². The molecule has 0 aliphatic rings. The first-order valence-electron chi connectivity index (χ1n) is 10.2. The number of amides is 1. The zero-order valence-electron chi connectivity index (χ0n) is 17.5. The second-order valence-corrected chi connectivity index (χ2v) is 8.76. The molecule has 3 aromatic rings. The summed E-state index contributed by atoms with van der Waals surface area (Å²) in [6.07, 6.45) is 2.05.